The molecule has 3 rings (SSSR count). The molecule has 1 aliphatic heterocycles. The number of hydrogen-bond donors (Lipinski definition) is 1. The van der Waals surface area contributed by atoms with Gasteiger partial charge in [-0.3, -0.25) is 9.59 Å². The van der Waals surface area contributed by atoms with Crippen molar-refractivity contribution in [3.8, 4) is 0 Å². The van der Waals surface area contributed by atoms with E-state index in [1.165, 1.54) is 5.56 Å². The molecule has 28 heavy (non-hydrogen) atoms. The summed E-state index contributed by atoms with van der Waals surface area (Å²) in [6, 6.07) is 14.4. The number of carbonyl (C=O) groups excluding carboxylic acids is 3. The van der Waals surface area contributed by atoms with Crippen LogP contribution in [0.5, 0.6) is 0 Å². The second-order valence-corrected chi connectivity index (χ2v) is 6.71. The number of benzene rings is 2. The Morgan fingerprint density at radius 2 is 1.75 bits per heavy atom. The van der Waals surface area contributed by atoms with Gasteiger partial charge in [-0.25, -0.2) is 4.79 Å². The van der Waals surface area contributed by atoms with Gasteiger partial charge < -0.3 is 15.0 Å². The third kappa shape index (κ3) is 4.39. The molecule has 6 nitrogen and oxygen atoms in total. The first kappa shape index (κ1) is 19.6. The lowest BCUT2D eigenvalue weighted by atomic mass is 10.1. The number of carbonyl (C=O) groups is 3. The van der Waals surface area contributed by atoms with E-state index in [0.29, 0.717) is 24.4 Å². The van der Waals surface area contributed by atoms with Gasteiger partial charge >= 0.3 is 5.97 Å². The van der Waals surface area contributed by atoms with Gasteiger partial charge in [-0.2, -0.15) is 0 Å². The Balaban J connectivity index is 1.62. The highest BCUT2D eigenvalue weighted by atomic mass is 16.5. The summed E-state index contributed by atoms with van der Waals surface area (Å²) in [5.74, 6) is -1.07. The standard InChI is InChI=1S/C22H24N2O4/c1-3-15-5-11-19(12-6-15)24-14-17(13-20(24)25)21(26)23-18-9-7-16(8-10-18)22(27)28-4-2/h5-12,17H,3-4,13-14H2,1-2H3,(H,23,26). The van der Waals surface area contributed by atoms with Gasteiger partial charge in [0.15, 0.2) is 0 Å². The minimum absolute atomic E-state index is 0.0537. The fraction of sp³-hybridized carbons (Fsp3) is 0.318. The number of esters is 1. The monoisotopic (exact) mass is 380 g/mol. The average molecular weight is 380 g/mol. The van der Waals surface area contributed by atoms with Gasteiger partial charge in [0.25, 0.3) is 0 Å². The second kappa shape index (κ2) is 8.69. The molecule has 0 saturated carbocycles. The van der Waals surface area contributed by atoms with Gasteiger partial charge in [-0.05, 0) is 55.3 Å². The first-order chi connectivity index (χ1) is 13.5. The third-order valence-corrected chi connectivity index (χ3v) is 4.82. The summed E-state index contributed by atoms with van der Waals surface area (Å²) in [5.41, 5.74) is 3.03. The Hall–Kier alpha value is -3.15. The van der Waals surface area contributed by atoms with E-state index in [4.69, 9.17) is 4.74 Å². The number of rotatable bonds is 6. The van der Waals surface area contributed by atoms with Crippen LogP contribution in [0.3, 0.4) is 0 Å². The molecule has 1 fully saturated rings. The molecule has 0 spiro atoms. The van der Waals surface area contributed by atoms with Gasteiger partial charge in [-0.15, -0.1) is 0 Å². The van der Waals surface area contributed by atoms with Crippen LogP contribution >= 0.6 is 0 Å². The SMILES string of the molecule is CCOC(=O)c1ccc(NC(=O)C2CC(=O)N(c3ccc(CC)cc3)C2)cc1. The molecular formula is C22H24N2O4. The predicted molar refractivity (Wildman–Crippen MR) is 107 cm³/mol. The first-order valence-electron chi connectivity index (χ1n) is 9.49. The maximum Gasteiger partial charge on any atom is 0.338 e. The summed E-state index contributed by atoms with van der Waals surface area (Å²) < 4.78 is 4.94. The van der Waals surface area contributed by atoms with Crippen molar-refractivity contribution >= 4 is 29.2 Å². The van der Waals surface area contributed by atoms with Crippen LogP contribution in [0.1, 0.15) is 36.2 Å². The van der Waals surface area contributed by atoms with Crippen molar-refractivity contribution in [2.75, 3.05) is 23.4 Å². The Labute approximate surface area is 164 Å². The van der Waals surface area contributed by atoms with Gasteiger partial charge in [0.1, 0.15) is 0 Å². The Bertz CT molecular complexity index is 859. The van der Waals surface area contributed by atoms with Crippen LogP contribution in [0.2, 0.25) is 0 Å². The van der Waals surface area contributed by atoms with Crippen LogP contribution in [0.4, 0.5) is 11.4 Å². The molecule has 1 saturated heterocycles. The normalized spacial score (nSPS) is 16.1. The maximum absolute atomic E-state index is 12.6. The molecule has 0 bridgehead atoms. The van der Waals surface area contributed by atoms with Gasteiger partial charge in [0, 0.05) is 24.3 Å². The summed E-state index contributed by atoms with van der Waals surface area (Å²) in [7, 11) is 0. The van der Waals surface area contributed by atoms with Crippen molar-refractivity contribution in [1.29, 1.82) is 0 Å². The van der Waals surface area contributed by atoms with E-state index in [1.807, 2.05) is 24.3 Å². The lowest BCUT2D eigenvalue weighted by Crippen LogP contribution is -2.28. The quantitative estimate of drug-likeness (QED) is 0.779. The van der Waals surface area contributed by atoms with Crippen molar-refractivity contribution < 1.29 is 19.1 Å². The molecule has 1 N–H and O–H groups in total. The molecule has 2 aromatic carbocycles. The fourth-order valence-corrected chi connectivity index (χ4v) is 3.19. The Morgan fingerprint density at radius 3 is 2.36 bits per heavy atom. The van der Waals surface area contributed by atoms with Crippen molar-refractivity contribution in [3.05, 3.63) is 59.7 Å². The predicted octanol–water partition coefficient (Wildman–Crippen LogP) is 3.42. The lowest BCUT2D eigenvalue weighted by Gasteiger charge is -2.17. The molecule has 2 amide bonds. The number of ether oxygens (including phenoxy) is 1. The topological polar surface area (TPSA) is 75.7 Å². The lowest BCUT2D eigenvalue weighted by molar-refractivity contribution is -0.122. The average Bonchev–Trinajstić information content (AvgIpc) is 3.10. The molecule has 0 aliphatic carbocycles. The molecule has 1 unspecified atom stereocenters. The zero-order valence-corrected chi connectivity index (χ0v) is 16.1. The minimum Gasteiger partial charge on any atom is -0.462 e. The molecule has 1 atom stereocenters. The van der Waals surface area contributed by atoms with E-state index < -0.39 is 11.9 Å². The highest BCUT2D eigenvalue weighted by Gasteiger charge is 2.35. The van der Waals surface area contributed by atoms with Crippen LogP contribution in [0.25, 0.3) is 0 Å². The fourth-order valence-electron chi connectivity index (χ4n) is 3.19. The Morgan fingerprint density at radius 1 is 1.07 bits per heavy atom. The van der Waals surface area contributed by atoms with Crippen LogP contribution in [0.15, 0.2) is 48.5 Å². The van der Waals surface area contributed by atoms with Gasteiger partial charge in [0.2, 0.25) is 11.8 Å². The largest absolute Gasteiger partial charge is 0.462 e. The van der Waals surface area contributed by atoms with Crippen LogP contribution in [-0.4, -0.2) is 30.9 Å². The minimum atomic E-state index is -0.414. The molecule has 1 aliphatic rings. The number of hydrogen-bond acceptors (Lipinski definition) is 4. The third-order valence-electron chi connectivity index (χ3n) is 4.82. The molecule has 0 radical (unpaired) electrons. The summed E-state index contributed by atoms with van der Waals surface area (Å²) in [6.07, 6.45) is 1.12. The van der Waals surface area contributed by atoms with E-state index in [0.717, 1.165) is 12.1 Å². The molecular weight excluding hydrogens is 356 g/mol. The molecule has 146 valence electrons. The summed E-state index contributed by atoms with van der Waals surface area (Å²) in [5, 5.41) is 2.82. The molecule has 6 heteroatoms. The van der Waals surface area contributed by atoms with E-state index >= 15 is 0 Å². The van der Waals surface area contributed by atoms with E-state index in [1.54, 1.807) is 36.1 Å². The highest BCUT2D eigenvalue weighted by molar-refractivity contribution is 6.03. The van der Waals surface area contributed by atoms with Gasteiger partial charge in [0.05, 0.1) is 18.1 Å². The number of anilines is 2. The molecule has 0 aromatic heterocycles. The first-order valence-corrected chi connectivity index (χ1v) is 9.49. The maximum atomic E-state index is 12.6. The zero-order valence-electron chi connectivity index (χ0n) is 16.1. The summed E-state index contributed by atoms with van der Waals surface area (Å²) in [4.78, 5) is 38.3. The van der Waals surface area contributed by atoms with E-state index in [9.17, 15) is 14.4 Å². The van der Waals surface area contributed by atoms with Crippen LogP contribution in [0, 0.1) is 5.92 Å². The van der Waals surface area contributed by atoms with Crippen LogP contribution < -0.4 is 10.2 Å². The van der Waals surface area contributed by atoms with Crippen molar-refractivity contribution in [2.24, 2.45) is 5.92 Å². The van der Waals surface area contributed by atoms with Crippen LogP contribution in [-0.2, 0) is 20.7 Å². The van der Waals surface area contributed by atoms with Gasteiger partial charge in [-0.1, -0.05) is 19.1 Å². The van der Waals surface area contributed by atoms with Crippen molar-refractivity contribution in [2.45, 2.75) is 26.7 Å². The Kier molecular flexibility index (Phi) is 6.09. The smallest absolute Gasteiger partial charge is 0.338 e. The number of amides is 2. The highest BCUT2D eigenvalue weighted by Crippen LogP contribution is 2.26. The second-order valence-electron chi connectivity index (χ2n) is 6.71. The number of nitrogens with zero attached hydrogens (tertiary/aromatic N) is 1. The number of nitrogens with one attached hydrogen (secondary N) is 1. The van der Waals surface area contributed by atoms with Crippen molar-refractivity contribution in [3.63, 3.8) is 0 Å². The van der Waals surface area contributed by atoms with Crippen molar-refractivity contribution in [1.82, 2.24) is 0 Å². The molecule has 1 heterocycles. The summed E-state index contributed by atoms with van der Waals surface area (Å²) >= 11 is 0. The number of aryl methyl sites for hydroxylation is 1. The van der Waals surface area contributed by atoms with E-state index in [-0.39, 0.29) is 18.2 Å². The zero-order chi connectivity index (χ0) is 20.1. The van der Waals surface area contributed by atoms with E-state index in [2.05, 4.69) is 12.2 Å². The molecule has 2 aromatic rings. The summed E-state index contributed by atoms with van der Waals surface area (Å²) in [6.45, 7) is 4.49.